The fourth-order valence-electron chi connectivity index (χ4n) is 2.29. The number of hydrogen-bond donors (Lipinski definition) is 1. The Morgan fingerprint density at radius 3 is 2.75 bits per heavy atom. The van der Waals surface area contributed by atoms with Crippen LogP contribution < -0.4 is 5.32 Å². The summed E-state index contributed by atoms with van der Waals surface area (Å²) in [5, 5.41) is 10.2. The van der Waals surface area contributed by atoms with Crippen molar-refractivity contribution in [3.05, 3.63) is 46.6 Å². The van der Waals surface area contributed by atoms with E-state index >= 15 is 0 Å². The monoisotopic (exact) mass is 285 g/mol. The van der Waals surface area contributed by atoms with Gasteiger partial charge in [-0.25, -0.2) is 0 Å². The number of aryl methyl sites for hydroxylation is 2. The van der Waals surface area contributed by atoms with Crippen LogP contribution in [-0.2, 0) is 7.05 Å². The van der Waals surface area contributed by atoms with Crippen LogP contribution in [-0.4, -0.2) is 15.7 Å². The summed E-state index contributed by atoms with van der Waals surface area (Å²) in [6, 6.07) is 7.93. The van der Waals surface area contributed by atoms with Crippen LogP contribution in [0.2, 0.25) is 0 Å². The molecule has 0 saturated heterocycles. The fourth-order valence-corrected chi connectivity index (χ4v) is 3.23. The van der Waals surface area contributed by atoms with E-state index in [1.165, 1.54) is 0 Å². The van der Waals surface area contributed by atoms with E-state index in [1.807, 2.05) is 50.5 Å². The Labute approximate surface area is 121 Å². The van der Waals surface area contributed by atoms with Crippen molar-refractivity contribution in [2.24, 2.45) is 7.05 Å². The van der Waals surface area contributed by atoms with Crippen LogP contribution in [0, 0.1) is 13.8 Å². The molecular formula is C15H15N3OS. The molecular weight excluding hydrogens is 270 g/mol. The SMILES string of the molecule is Cc1nn(C)c(C)c1NC(=O)c1csc2ccccc12. The lowest BCUT2D eigenvalue weighted by Crippen LogP contribution is -2.12. The summed E-state index contributed by atoms with van der Waals surface area (Å²) in [6.07, 6.45) is 0. The van der Waals surface area contributed by atoms with Crippen molar-refractivity contribution in [1.29, 1.82) is 0 Å². The number of benzene rings is 1. The van der Waals surface area contributed by atoms with Gasteiger partial charge in [0.15, 0.2) is 0 Å². The topological polar surface area (TPSA) is 46.9 Å². The lowest BCUT2D eigenvalue weighted by molar-refractivity contribution is 0.102. The number of thiophene rings is 1. The van der Waals surface area contributed by atoms with Gasteiger partial charge in [0.1, 0.15) is 0 Å². The van der Waals surface area contributed by atoms with Crippen LogP contribution in [0.3, 0.4) is 0 Å². The highest BCUT2D eigenvalue weighted by molar-refractivity contribution is 7.17. The molecule has 1 N–H and O–H groups in total. The Kier molecular flexibility index (Phi) is 3.06. The van der Waals surface area contributed by atoms with Crippen molar-refractivity contribution in [2.45, 2.75) is 13.8 Å². The number of nitrogens with zero attached hydrogens (tertiary/aromatic N) is 2. The van der Waals surface area contributed by atoms with Crippen molar-refractivity contribution in [2.75, 3.05) is 5.32 Å². The zero-order chi connectivity index (χ0) is 14.3. The second kappa shape index (κ2) is 4.76. The Morgan fingerprint density at radius 1 is 1.30 bits per heavy atom. The van der Waals surface area contributed by atoms with E-state index in [4.69, 9.17) is 0 Å². The Balaban J connectivity index is 1.97. The van der Waals surface area contributed by atoms with Gasteiger partial charge >= 0.3 is 0 Å². The van der Waals surface area contributed by atoms with E-state index in [1.54, 1.807) is 16.0 Å². The third-order valence-electron chi connectivity index (χ3n) is 3.47. The number of hydrogen-bond acceptors (Lipinski definition) is 3. The largest absolute Gasteiger partial charge is 0.319 e. The fraction of sp³-hybridized carbons (Fsp3) is 0.200. The van der Waals surface area contributed by atoms with Crippen molar-refractivity contribution in [1.82, 2.24) is 9.78 Å². The van der Waals surface area contributed by atoms with Crippen LogP contribution in [0.5, 0.6) is 0 Å². The van der Waals surface area contributed by atoms with E-state index in [0.717, 1.165) is 27.2 Å². The summed E-state index contributed by atoms with van der Waals surface area (Å²) >= 11 is 1.58. The van der Waals surface area contributed by atoms with Gasteiger partial charge in [-0.2, -0.15) is 5.10 Å². The van der Waals surface area contributed by atoms with Crippen molar-refractivity contribution >= 4 is 33.0 Å². The molecule has 102 valence electrons. The summed E-state index contributed by atoms with van der Waals surface area (Å²) < 4.78 is 2.90. The molecule has 20 heavy (non-hydrogen) atoms. The summed E-state index contributed by atoms with van der Waals surface area (Å²) in [5.74, 6) is -0.0818. The first-order chi connectivity index (χ1) is 9.58. The number of nitrogens with one attached hydrogen (secondary N) is 1. The Hall–Kier alpha value is -2.14. The van der Waals surface area contributed by atoms with Crippen molar-refractivity contribution in [3.8, 4) is 0 Å². The first-order valence-electron chi connectivity index (χ1n) is 6.35. The van der Waals surface area contributed by atoms with E-state index in [2.05, 4.69) is 10.4 Å². The van der Waals surface area contributed by atoms with Gasteiger partial charge in [0.05, 0.1) is 22.6 Å². The van der Waals surface area contributed by atoms with E-state index in [-0.39, 0.29) is 5.91 Å². The van der Waals surface area contributed by atoms with Gasteiger partial charge in [-0.15, -0.1) is 11.3 Å². The third-order valence-corrected chi connectivity index (χ3v) is 4.44. The highest BCUT2D eigenvalue weighted by Crippen LogP contribution is 2.27. The average molecular weight is 285 g/mol. The summed E-state index contributed by atoms with van der Waals surface area (Å²) in [5.41, 5.74) is 3.30. The molecule has 5 heteroatoms. The normalized spacial score (nSPS) is 10.9. The molecule has 2 aromatic heterocycles. The number of anilines is 1. The summed E-state index contributed by atoms with van der Waals surface area (Å²) in [7, 11) is 1.87. The van der Waals surface area contributed by atoms with Gasteiger partial charge in [0.25, 0.3) is 5.91 Å². The summed E-state index contributed by atoms with van der Waals surface area (Å²) in [4.78, 5) is 12.5. The molecule has 2 heterocycles. The maximum absolute atomic E-state index is 12.5. The lowest BCUT2D eigenvalue weighted by atomic mass is 10.1. The number of carbonyl (C=O) groups is 1. The van der Waals surface area contributed by atoms with Crippen molar-refractivity contribution < 1.29 is 4.79 Å². The molecule has 0 aliphatic rings. The van der Waals surface area contributed by atoms with Gasteiger partial charge in [-0.1, -0.05) is 18.2 Å². The van der Waals surface area contributed by atoms with Crippen LogP contribution in [0.25, 0.3) is 10.1 Å². The average Bonchev–Trinajstić information content (AvgIpc) is 2.96. The quantitative estimate of drug-likeness (QED) is 0.783. The number of fused-ring (bicyclic) bond motifs is 1. The van der Waals surface area contributed by atoms with E-state index < -0.39 is 0 Å². The molecule has 3 rings (SSSR count). The van der Waals surface area contributed by atoms with Gasteiger partial charge < -0.3 is 5.32 Å². The molecule has 0 fully saturated rings. The zero-order valence-corrected chi connectivity index (χ0v) is 12.4. The highest BCUT2D eigenvalue weighted by atomic mass is 32.1. The van der Waals surface area contributed by atoms with Crippen LogP contribution in [0.1, 0.15) is 21.7 Å². The molecule has 4 nitrogen and oxygen atoms in total. The Morgan fingerprint density at radius 2 is 2.05 bits per heavy atom. The highest BCUT2D eigenvalue weighted by Gasteiger charge is 2.16. The molecule has 0 saturated carbocycles. The first-order valence-corrected chi connectivity index (χ1v) is 7.23. The maximum Gasteiger partial charge on any atom is 0.257 e. The van der Waals surface area contributed by atoms with Gasteiger partial charge in [-0.05, 0) is 19.9 Å². The number of carbonyl (C=O) groups excluding carboxylic acids is 1. The predicted molar refractivity (Wildman–Crippen MR) is 82.5 cm³/mol. The first kappa shape index (κ1) is 12.9. The van der Waals surface area contributed by atoms with Crippen molar-refractivity contribution in [3.63, 3.8) is 0 Å². The molecule has 0 unspecified atom stereocenters. The number of aromatic nitrogens is 2. The van der Waals surface area contributed by atoms with Gasteiger partial charge in [-0.3, -0.25) is 9.48 Å². The van der Waals surface area contributed by atoms with Gasteiger partial charge in [0.2, 0.25) is 0 Å². The maximum atomic E-state index is 12.5. The molecule has 0 bridgehead atoms. The molecule has 0 aliphatic carbocycles. The molecule has 0 atom stereocenters. The molecule has 1 amide bonds. The number of amides is 1. The zero-order valence-electron chi connectivity index (χ0n) is 11.6. The smallest absolute Gasteiger partial charge is 0.257 e. The third kappa shape index (κ3) is 2.00. The second-order valence-corrected chi connectivity index (χ2v) is 5.68. The Bertz CT molecular complexity index is 801. The van der Waals surface area contributed by atoms with E-state index in [0.29, 0.717) is 5.56 Å². The molecule has 0 aliphatic heterocycles. The molecule has 1 aromatic carbocycles. The number of rotatable bonds is 2. The second-order valence-electron chi connectivity index (χ2n) is 4.77. The minimum atomic E-state index is -0.0818. The summed E-state index contributed by atoms with van der Waals surface area (Å²) in [6.45, 7) is 3.84. The predicted octanol–water partition coefficient (Wildman–Crippen LogP) is 3.50. The van der Waals surface area contributed by atoms with Gasteiger partial charge in [0, 0.05) is 22.5 Å². The molecule has 0 radical (unpaired) electrons. The minimum Gasteiger partial charge on any atom is -0.319 e. The molecule has 0 spiro atoms. The minimum absolute atomic E-state index is 0.0818. The van der Waals surface area contributed by atoms with Crippen LogP contribution in [0.15, 0.2) is 29.6 Å². The standard InChI is InChI=1S/C15H15N3OS/c1-9-14(10(2)18(3)17-9)16-15(19)12-8-20-13-7-5-4-6-11(12)13/h4-8H,1-3H3,(H,16,19). The van der Waals surface area contributed by atoms with Crippen LogP contribution >= 0.6 is 11.3 Å². The van der Waals surface area contributed by atoms with Crippen LogP contribution in [0.4, 0.5) is 5.69 Å². The van der Waals surface area contributed by atoms with E-state index in [9.17, 15) is 4.79 Å². The molecule has 3 aromatic rings. The lowest BCUT2D eigenvalue weighted by Gasteiger charge is -2.05.